The molecule has 1 aromatic carbocycles. The zero-order valence-corrected chi connectivity index (χ0v) is 5.48. The van der Waals surface area contributed by atoms with Gasteiger partial charge in [0.15, 0.2) is 0 Å². The van der Waals surface area contributed by atoms with Gasteiger partial charge in [0.25, 0.3) is 0 Å². The van der Waals surface area contributed by atoms with Gasteiger partial charge in [0.05, 0.1) is 0 Å². The van der Waals surface area contributed by atoms with E-state index < -0.39 is 0 Å². The molecule has 2 heteroatoms. The Hall–Kier alpha value is -0.940. The van der Waals surface area contributed by atoms with E-state index in [1.165, 1.54) is 0 Å². The maximum atomic E-state index is 8.22. The fourth-order valence-corrected chi connectivity index (χ4v) is 0.870. The monoisotopic (exact) mass is 134 g/mol. The molecule has 0 spiro atoms. The Balaban J connectivity index is 2.76. The van der Waals surface area contributed by atoms with Crippen molar-refractivity contribution in [3.8, 4) is 5.40 Å². The molecule has 0 amide bonds. The summed E-state index contributed by atoms with van der Waals surface area (Å²) in [5.74, 6) is 0. The summed E-state index contributed by atoms with van der Waals surface area (Å²) in [4.78, 5) is 0.969. The zero-order chi connectivity index (χ0) is 6.53. The quantitative estimate of drug-likeness (QED) is 0.433. The second kappa shape index (κ2) is 3.16. The fourth-order valence-electron chi connectivity index (χ4n) is 0.492. The lowest BCUT2D eigenvalue weighted by Crippen LogP contribution is -1.63. The van der Waals surface area contributed by atoms with Crippen LogP contribution in [0.2, 0.25) is 0 Å². The van der Waals surface area contributed by atoms with Crippen molar-refractivity contribution in [2.24, 2.45) is 0 Å². The van der Waals surface area contributed by atoms with Crippen LogP contribution in [0.25, 0.3) is 0 Å². The number of thioether (sulfide) groups is 1. The van der Waals surface area contributed by atoms with Crippen LogP contribution in [0.4, 0.5) is 0 Å². The largest absolute Gasteiger partial charge is 0.185 e. The van der Waals surface area contributed by atoms with E-state index in [9.17, 15) is 0 Å². The molecule has 0 heterocycles. The summed E-state index contributed by atoms with van der Waals surface area (Å²) in [5, 5.41) is 10.2. The van der Waals surface area contributed by atoms with Crippen LogP contribution in [0.15, 0.2) is 29.2 Å². The van der Waals surface area contributed by atoms with E-state index in [-0.39, 0.29) is 0 Å². The lowest BCUT2D eigenvalue weighted by Gasteiger charge is -1.86. The minimum atomic E-state index is 0.969. The van der Waals surface area contributed by atoms with E-state index >= 15 is 0 Å². The Morgan fingerprint density at radius 2 is 2.11 bits per heavy atom. The van der Waals surface area contributed by atoms with Crippen molar-refractivity contribution in [3.63, 3.8) is 0 Å². The highest BCUT2D eigenvalue weighted by Gasteiger charge is 1.85. The van der Waals surface area contributed by atoms with Crippen molar-refractivity contribution in [1.29, 1.82) is 5.26 Å². The molecule has 0 aliphatic carbocycles. The third-order valence-corrected chi connectivity index (χ3v) is 1.45. The van der Waals surface area contributed by atoms with Crippen LogP contribution in [0.1, 0.15) is 0 Å². The van der Waals surface area contributed by atoms with Gasteiger partial charge in [-0.25, -0.2) is 0 Å². The molecule has 0 atom stereocenters. The number of hydrogen-bond donors (Lipinski definition) is 0. The van der Waals surface area contributed by atoms with Crippen molar-refractivity contribution >= 4 is 11.8 Å². The van der Waals surface area contributed by atoms with Crippen LogP contribution in [-0.2, 0) is 0 Å². The van der Waals surface area contributed by atoms with Crippen molar-refractivity contribution in [2.75, 3.05) is 0 Å². The minimum absolute atomic E-state index is 0.969. The normalized spacial score (nSPS) is 8.33. The van der Waals surface area contributed by atoms with Crippen LogP contribution in [-0.4, -0.2) is 0 Å². The van der Waals surface area contributed by atoms with Gasteiger partial charge in [0.1, 0.15) is 5.40 Å². The zero-order valence-electron chi connectivity index (χ0n) is 4.66. The van der Waals surface area contributed by atoms with Crippen LogP contribution in [0, 0.1) is 16.7 Å². The SMILES string of the molecule is N#CSc1cc[c]cc1. The third-order valence-electron chi connectivity index (χ3n) is 0.851. The molecule has 0 saturated heterocycles. The number of thiocyanates is 1. The first-order valence-corrected chi connectivity index (χ1v) is 3.27. The summed E-state index contributed by atoms with van der Waals surface area (Å²) in [7, 11) is 0. The molecule has 0 bridgehead atoms. The van der Waals surface area contributed by atoms with Crippen LogP contribution < -0.4 is 0 Å². The van der Waals surface area contributed by atoms with E-state index in [0.29, 0.717) is 0 Å². The average Bonchev–Trinajstić information content (AvgIpc) is 1.91. The Morgan fingerprint density at radius 3 is 2.67 bits per heavy atom. The Kier molecular flexibility index (Phi) is 2.17. The molecule has 1 aromatic rings. The Morgan fingerprint density at radius 1 is 1.44 bits per heavy atom. The van der Waals surface area contributed by atoms with E-state index in [1.807, 2.05) is 17.5 Å². The number of nitrogens with zero attached hydrogens (tertiary/aromatic N) is 1. The molecule has 0 aliphatic rings. The van der Waals surface area contributed by atoms with Crippen LogP contribution in [0.5, 0.6) is 0 Å². The van der Waals surface area contributed by atoms with Crippen molar-refractivity contribution in [2.45, 2.75) is 4.90 Å². The summed E-state index contributed by atoms with van der Waals surface area (Å²) in [6.07, 6.45) is 0. The molecule has 9 heavy (non-hydrogen) atoms. The molecule has 0 aliphatic heterocycles. The van der Waals surface area contributed by atoms with Crippen molar-refractivity contribution in [1.82, 2.24) is 0 Å². The number of rotatable bonds is 1. The summed E-state index contributed by atoms with van der Waals surface area (Å²) in [5.41, 5.74) is 0. The Labute approximate surface area is 58.3 Å². The van der Waals surface area contributed by atoms with Gasteiger partial charge in [-0.2, -0.15) is 5.26 Å². The molecule has 1 nitrogen and oxygen atoms in total. The Bertz CT molecular complexity index is 212. The first kappa shape index (κ1) is 6.18. The van der Waals surface area contributed by atoms with Gasteiger partial charge in [-0.15, -0.1) is 0 Å². The number of hydrogen-bond acceptors (Lipinski definition) is 2. The molecular weight excluding hydrogens is 130 g/mol. The van der Waals surface area contributed by atoms with Crippen molar-refractivity contribution < 1.29 is 0 Å². The molecule has 1 rings (SSSR count). The summed E-state index contributed by atoms with van der Waals surface area (Å²) in [6.45, 7) is 0. The molecule has 0 saturated carbocycles. The second-order valence-electron chi connectivity index (χ2n) is 1.43. The highest BCUT2D eigenvalue weighted by molar-refractivity contribution is 8.03. The summed E-state index contributed by atoms with van der Waals surface area (Å²) in [6, 6.07) is 10.2. The van der Waals surface area contributed by atoms with E-state index in [1.54, 1.807) is 12.1 Å². The predicted molar refractivity (Wildman–Crippen MR) is 36.7 cm³/mol. The van der Waals surface area contributed by atoms with E-state index in [2.05, 4.69) is 6.07 Å². The van der Waals surface area contributed by atoms with Gasteiger partial charge in [-0.05, 0) is 30.0 Å². The standard InChI is InChI=1S/C7H4NS/c8-6-9-7-4-2-1-3-5-7/h2-5H. The molecular formula is C7H4NS. The highest BCUT2D eigenvalue weighted by atomic mass is 32.2. The first-order chi connectivity index (χ1) is 4.43. The third kappa shape index (κ3) is 1.79. The van der Waals surface area contributed by atoms with Gasteiger partial charge in [-0.3, -0.25) is 0 Å². The smallest absolute Gasteiger partial charge is 0.138 e. The maximum Gasteiger partial charge on any atom is 0.138 e. The lowest BCUT2D eigenvalue weighted by molar-refractivity contribution is 1.46. The van der Waals surface area contributed by atoms with Gasteiger partial charge in [0.2, 0.25) is 0 Å². The minimum Gasteiger partial charge on any atom is -0.185 e. The maximum absolute atomic E-state index is 8.22. The van der Waals surface area contributed by atoms with Gasteiger partial charge < -0.3 is 0 Å². The van der Waals surface area contributed by atoms with Gasteiger partial charge >= 0.3 is 0 Å². The predicted octanol–water partition coefficient (Wildman–Crippen LogP) is 2.06. The highest BCUT2D eigenvalue weighted by Crippen LogP contribution is 2.13. The van der Waals surface area contributed by atoms with Gasteiger partial charge in [0, 0.05) is 4.90 Å². The molecule has 0 unspecified atom stereocenters. The molecule has 43 valence electrons. The van der Waals surface area contributed by atoms with Crippen LogP contribution >= 0.6 is 11.8 Å². The fraction of sp³-hybridized carbons (Fsp3) is 0. The molecule has 0 N–H and O–H groups in total. The number of nitriles is 1. The lowest BCUT2D eigenvalue weighted by atomic mass is 10.4. The second-order valence-corrected chi connectivity index (χ2v) is 2.29. The topological polar surface area (TPSA) is 23.8 Å². The average molecular weight is 134 g/mol. The molecule has 0 fully saturated rings. The van der Waals surface area contributed by atoms with Gasteiger partial charge in [-0.1, -0.05) is 12.1 Å². The summed E-state index contributed by atoms with van der Waals surface area (Å²) >= 11 is 1.16. The van der Waals surface area contributed by atoms with Crippen LogP contribution in [0.3, 0.4) is 0 Å². The first-order valence-electron chi connectivity index (χ1n) is 2.45. The van der Waals surface area contributed by atoms with E-state index in [0.717, 1.165) is 16.7 Å². The number of benzene rings is 1. The molecule has 1 radical (unpaired) electrons. The molecule has 0 aromatic heterocycles. The summed E-state index contributed by atoms with van der Waals surface area (Å²) < 4.78 is 0. The van der Waals surface area contributed by atoms with E-state index in [4.69, 9.17) is 5.26 Å². The van der Waals surface area contributed by atoms with Crippen molar-refractivity contribution in [3.05, 3.63) is 30.3 Å².